The van der Waals surface area contributed by atoms with Gasteiger partial charge in [0.2, 0.25) is 0 Å². The van der Waals surface area contributed by atoms with Crippen LogP contribution in [0.1, 0.15) is 49.1 Å². The third-order valence-electron chi connectivity index (χ3n) is 7.33. The van der Waals surface area contributed by atoms with Gasteiger partial charge in [-0.3, -0.25) is 9.69 Å². The minimum Gasteiger partial charge on any atom is -0.381 e. The first-order valence-corrected chi connectivity index (χ1v) is 10.9. The molecule has 7 nitrogen and oxygen atoms in total. The van der Waals surface area contributed by atoms with Crippen molar-refractivity contribution in [2.45, 2.75) is 56.2 Å². The van der Waals surface area contributed by atoms with Crippen molar-refractivity contribution in [2.75, 3.05) is 39.5 Å². The van der Waals surface area contributed by atoms with Crippen LogP contribution < -0.4 is 0 Å². The molecule has 1 aromatic rings. The Morgan fingerprint density at radius 2 is 2.00 bits per heavy atom. The molecule has 0 radical (unpaired) electrons. The molecule has 28 heavy (non-hydrogen) atoms. The van der Waals surface area contributed by atoms with Gasteiger partial charge in [-0.15, -0.1) is 0 Å². The lowest BCUT2D eigenvalue weighted by atomic mass is 9.73. The quantitative estimate of drug-likeness (QED) is 0.768. The molecule has 4 aliphatic rings. The van der Waals surface area contributed by atoms with E-state index in [0.29, 0.717) is 18.0 Å². The molecular formula is C21H32N4O3. The van der Waals surface area contributed by atoms with Crippen molar-refractivity contribution in [2.24, 2.45) is 13.0 Å². The van der Waals surface area contributed by atoms with Crippen LogP contribution in [0.15, 0.2) is 12.4 Å². The van der Waals surface area contributed by atoms with Gasteiger partial charge in [-0.1, -0.05) is 0 Å². The van der Waals surface area contributed by atoms with Crippen LogP contribution in [-0.2, 0) is 16.5 Å². The van der Waals surface area contributed by atoms with Gasteiger partial charge in [-0.05, 0) is 44.4 Å². The van der Waals surface area contributed by atoms with E-state index in [0.717, 1.165) is 71.1 Å². The Morgan fingerprint density at radius 1 is 1.25 bits per heavy atom. The zero-order valence-corrected chi connectivity index (χ0v) is 16.9. The zero-order valence-electron chi connectivity index (χ0n) is 16.9. The first-order valence-electron chi connectivity index (χ1n) is 10.9. The van der Waals surface area contributed by atoms with Gasteiger partial charge in [-0.25, -0.2) is 4.98 Å². The summed E-state index contributed by atoms with van der Waals surface area (Å²) < 4.78 is 13.9. The number of rotatable bonds is 5. The number of aromatic nitrogens is 2. The van der Waals surface area contributed by atoms with E-state index in [-0.39, 0.29) is 11.4 Å². The molecule has 4 fully saturated rings. The molecule has 154 valence electrons. The highest BCUT2D eigenvalue weighted by Gasteiger charge is 2.57. The van der Waals surface area contributed by atoms with Crippen LogP contribution in [-0.4, -0.2) is 82.4 Å². The van der Waals surface area contributed by atoms with Crippen LogP contribution >= 0.6 is 0 Å². The monoisotopic (exact) mass is 388 g/mol. The number of carbonyl (C=O) groups excluding carboxylic acids is 1. The maximum Gasteiger partial charge on any atom is 0.289 e. The lowest BCUT2D eigenvalue weighted by molar-refractivity contribution is -0.217. The van der Waals surface area contributed by atoms with E-state index < -0.39 is 0 Å². The Kier molecular flexibility index (Phi) is 4.93. The average Bonchev–Trinajstić information content (AvgIpc) is 3.46. The van der Waals surface area contributed by atoms with Crippen molar-refractivity contribution >= 4 is 5.91 Å². The van der Waals surface area contributed by atoms with Crippen molar-refractivity contribution < 1.29 is 14.3 Å². The molecule has 1 atom stereocenters. The van der Waals surface area contributed by atoms with Crippen molar-refractivity contribution in [1.29, 1.82) is 0 Å². The normalized spacial score (nSPS) is 28.5. The molecule has 1 aromatic heterocycles. The molecule has 1 unspecified atom stereocenters. The van der Waals surface area contributed by atoms with Crippen LogP contribution in [0.4, 0.5) is 0 Å². The molecular weight excluding hydrogens is 356 g/mol. The van der Waals surface area contributed by atoms with E-state index in [4.69, 9.17) is 9.47 Å². The fraction of sp³-hybridized carbons (Fsp3) is 0.810. The van der Waals surface area contributed by atoms with Crippen LogP contribution in [0.3, 0.4) is 0 Å². The lowest BCUT2D eigenvalue weighted by Gasteiger charge is -2.63. The van der Waals surface area contributed by atoms with Crippen LogP contribution in [0.5, 0.6) is 0 Å². The van der Waals surface area contributed by atoms with Gasteiger partial charge in [-0.2, -0.15) is 0 Å². The van der Waals surface area contributed by atoms with E-state index in [2.05, 4.69) is 9.88 Å². The van der Waals surface area contributed by atoms with Gasteiger partial charge in [0.15, 0.2) is 5.82 Å². The van der Waals surface area contributed by atoms with Gasteiger partial charge < -0.3 is 18.9 Å². The molecule has 1 amide bonds. The van der Waals surface area contributed by atoms with E-state index in [1.54, 1.807) is 6.20 Å². The van der Waals surface area contributed by atoms with Crippen molar-refractivity contribution in [3.05, 3.63) is 18.2 Å². The number of hydrogen-bond donors (Lipinski definition) is 0. The fourth-order valence-corrected chi connectivity index (χ4v) is 5.29. The van der Waals surface area contributed by atoms with Crippen molar-refractivity contribution in [3.8, 4) is 0 Å². The van der Waals surface area contributed by atoms with E-state index in [1.807, 2.05) is 22.7 Å². The Balaban J connectivity index is 1.20. The molecule has 4 heterocycles. The molecule has 0 bridgehead atoms. The second kappa shape index (κ2) is 7.43. The van der Waals surface area contributed by atoms with Crippen LogP contribution in [0.25, 0.3) is 0 Å². The number of imidazole rings is 1. The van der Waals surface area contributed by atoms with Crippen molar-refractivity contribution in [1.82, 2.24) is 19.4 Å². The SMILES string of the molecule is Cn1ccnc1C(=O)N1CCC(N2CC(OCC3CC3)C23CCOCC3)CC1. The Hall–Kier alpha value is -1.44. The molecule has 3 saturated heterocycles. The predicted octanol–water partition coefficient (Wildman–Crippen LogP) is 1.68. The highest BCUT2D eigenvalue weighted by Crippen LogP contribution is 2.45. The molecule has 1 spiro atoms. The number of likely N-dealkylation sites (tertiary alicyclic amines) is 2. The molecule has 1 saturated carbocycles. The summed E-state index contributed by atoms with van der Waals surface area (Å²) >= 11 is 0. The third kappa shape index (κ3) is 3.27. The highest BCUT2D eigenvalue weighted by atomic mass is 16.5. The number of carbonyl (C=O) groups is 1. The molecule has 0 aromatic carbocycles. The number of piperidine rings is 1. The van der Waals surface area contributed by atoms with Crippen LogP contribution in [0.2, 0.25) is 0 Å². The number of ether oxygens (including phenoxy) is 2. The number of nitrogens with zero attached hydrogens (tertiary/aromatic N) is 4. The number of amides is 1. The maximum absolute atomic E-state index is 12.7. The summed E-state index contributed by atoms with van der Waals surface area (Å²) in [4.78, 5) is 21.6. The summed E-state index contributed by atoms with van der Waals surface area (Å²) in [5.41, 5.74) is 0.170. The van der Waals surface area contributed by atoms with Crippen LogP contribution in [0, 0.1) is 5.92 Å². The number of aryl methyl sites for hydroxylation is 1. The highest BCUT2D eigenvalue weighted by molar-refractivity contribution is 5.90. The van der Waals surface area contributed by atoms with Crippen molar-refractivity contribution in [3.63, 3.8) is 0 Å². The van der Waals surface area contributed by atoms with Gasteiger partial charge >= 0.3 is 0 Å². The van der Waals surface area contributed by atoms with Gasteiger partial charge in [0, 0.05) is 64.9 Å². The minimum atomic E-state index is 0.0565. The number of hydrogen-bond acceptors (Lipinski definition) is 5. The Morgan fingerprint density at radius 3 is 2.64 bits per heavy atom. The Bertz CT molecular complexity index is 702. The molecule has 5 rings (SSSR count). The summed E-state index contributed by atoms with van der Waals surface area (Å²) in [6, 6.07) is 0.546. The molecule has 7 heteroatoms. The first kappa shape index (κ1) is 18.6. The molecule has 1 aliphatic carbocycles. The molecule has 3 aliphatic heterocycles. The maximum atomic E-state index is 12.7. The summed E-state index contributed by atoms with van der Waals surface area (Å²) in [5.74, 6) is 1.41. The van der Waals surface area contributed by atoms with Gasteiger partial charge in [0.1, 0.15) is 0 Å². The lowest BCUT2D eigenvalue weighted by Crippen LogP contribution is -2.76. The standard InChI is InChI=1S/C21H32N4O3/c1-23-11-8-22-19(23)20(26)24-9-4-17(5-10-24)25-14-18(28-15-16-2-3-16)21(25)6-12-27-13-7-21/h8,11,16-18H,2-7,9-10,12-15H2,1H3. The summed E-state index contributed by atoms with van der Waals surface area (Å²) in [5, 5.41) is 0. The predicted molar refractivity (Wildman–Crippen MR) is 104 cm³/mol. The topological polar surface area (TPSA) is 59.8 Å². The van der Waals surface area contributed by atoms with E-state index in [9.17, 15) is 4.79 Å². The largest absolute Gasteiger partial charge is 0.381 e. The summed E-state index contributed by atoms with van der Waals surface area (Å²) in [7, 11) is 1.88. The average molecular weight is 389 g/mol. The van der Waals surface area contributed by atoms with E-state index in [1.165, 1.54) is 12.8 Å². The first-order chi connectivity index (χ1) is 13.7. The minimum absolute atomic E-state index is 0.0565. The summed E-state index contributed by atoms with van der Waals surface area (Å²) in [6.45, 7) is 5.30. The zero-order chi connectivity index (χ0) is 19.1. The second-order valence-electron chi connectivity index (χ2n) is 9.02. The van der Waals surface area contributed by atoms with Gasteiger partial charge in [0.25, 0.3) is 5.91 Å². The van der Waals surface area contributed by atoms with Gasteiger partial charge in [0.05, 0.1) is 11.6 Å². The third-order valence-corrected chi connectivity index (χ3v) is 7.33. The fourth-order valence-electron chi connectivity index (χ4n) is 5.29. The molecule has 0 N–H and O–H groups in total. The second-order valence-corrected chi connectivity index (χ2v) is 9.02. The Labute approximate surface area is 167 Å². The smallest absolute Gasteiger partial charge is 0.289 e. The summed E-state index contributed by atoms with van der Waals surface area (Å²) in [6.07, 6.45) is 10.8. The van der Waals surface area contributed by atoms with E-state index >= 15 is 0 Å².